The molecule has 3 rings (SSSR count). The van der Waals surface area contributed by atoms with Crippen LogP contribution in [0.4, 0.5) is 0 Å². The highest BCUT2D eigenvalue weighted by Crippen LogP contribution is 2.35. The van der Waals surface area contributed by atoms with Gasteiger partial charge in [0.25, 0.3) is 0 Å². The minimum atomic E-state index is 0.297. The average molecular weight is 284 g/mol. The lowest BCUT2D eigenvalue weighted by Crippen LogP contribution is -2.09. The summed E-state index contributed by atoms with van der Waals surface area (Å²) < 4.78 is 0. The van der Waals surface area contributed by atoms with E-state index in [1.165, 1.54) is 17.6 Å². The van der Waals surface area contributed by atoms with Gasteiger partial charge in [0.15, 0.2) is 11.6 Å². The van der Waals surface area contributed by atoms with Crippen LogP contribution in [0.5, 0.6) is 0 Å². The van der Waals surface area contributed by atoms with Crippen molar-refractivity contribution in [3.63, 3.8) is 0 Å². The second kappa shape index (κ2) is 6.55. The molecule has 0 N–H and O–H groups in total. The van der Waals surface area contributed by atoms with Crippen LogP contribution in [-0.4, -0.2) is 11.6 Å². The van der Waals surface area contributed by atoms with Gasteiger partial charge < -0.3 is 0 Å². The molecule has 2 heteroatoms. The molecule has 2 atom stereocenters. The molecule has 112 valence electrons. The Morgan fingerprint density at radius 3 is 1.57 bits per heavy atom. The van der Waals surface area contributed by atoms with Gasteiger partial charge in [-0.25, -0.2) is 0 Å². The van der Waals surface area contributed by atoms with Gasteiger partial charge in [-0.2, -0.15) is 0 Å². The van der Waals surface area contributed by atoms with Gasteiger partial charge in [-0.3, -0.25) is 9.59 Å². The first-order valence-electron chi connectivity index (χ1n) is 8.37. The maximum atomic E-state index is 11.6. The number of rotatable bonds is 2. The van der Waals surface area contributed by atoms with E-state index in [0.29, 0.717) is 23.4 Å². The number of carbonyl (C=O) groups excluding carboxylic acids is 2. The van der Waals surface area contributed by atoms with E-state index in [0.717, 1.165) is 51.4 Å². The maximum absolute atomic E-state index is 11.6. The van der Waals surface area contributed by atoms with Crippen LogP contribution in [-0.2, 0) is 9.59 Å². The van der Waals surface area contributed by atoms with Crippen LogP contribution in [0.3, 0.4) is 0 Å². The van der Waals surface area contributed by atoms with Crippen LogP contribution in [0.2, 0.25) is 0 Å². The largest absolute Gasteiger partial charge is 0.295 e. The van der Waals surface area contributed by atoms with E-state index in [4.69, 9.17) is 0 Å². The second-order valence-corrected chi connectivity index (χ2v) is 6.61. The molecular weight excluding hydrogens is 260 g/mol. The van der Waals surface area contributed by atoms with Crippen LogP contribution in [0, 0.1) is 11.8 Å². The number of ketones is 2. The van der Waals surface area contributed by atoms with Gasteiger partial charge >= 0.3 is 0 Å². The van der Waals surface area contributed by atoms with Gasteiger partial charge in [-0.05, 0) is 62.5 Å². The molecule has 0 bridgehead atoms. The monoisotopic (exact) mass is 284 g/mol. The van der Waals surface area contributed by atoms with E-state index >= 15 is 0 Å². The third kappa shape index (κ3) is 3.61. The van der Waals surface area contributed by atoms with Crippen molar-refractivity contribution < 1.29 is 9.59 Å². The van der Waals surface area contributed by atoms with Crippen LogP contribution < -0.4 is 0 Å². The topological polar surface area (TPSA) is 34.1 Å². The van der Waals surface area contributed by atoms with Gasteiger partial charge in [0, 0.05) is 12.8 Å². The Morgan fingerprint density at radius 1 is 0.667 bits per heavy atom. The zero-order chi connectivity index (χ0) is 14.7. The molecule has 0 fully saturated rings. The number of hydrogen-bond acceptors (Lipinski definition) is 2. The fraction of sp³-hybridized carbons (Fsp3) is 0.579. The fourth-order valence-electron chi connectivity index (χ4n) is 3.86. The molecule has 0 radical (unpaired) electrons. The molecule has 0 aromatic rings. The first-order valence-corrected chi connectivity index (χ1v) is 8.37. The summed E-state index contributed by atoms with van der Waals surface area (Å²) in [6, 6.07) is 0. The Bertz CT molecular complexity index is 476. The van der Waals surface area contributed by atoms with Gasteiger partial charge in [0.1, 0.15) is 0 Å². The third-order valence-corrected chi connectivity index (χ3v) is 5.03. The summed E-state index contributed by atoms with van der Waals surface area (Å²) in [6.45, 7) is 0. The van der Waals surface area contributed by atoms with Crippen molar-refractivity contribution in [3.8, 4) is 0 Å². The molecule has 2 unspecified atom stereocenters. The summed E-state index contributed by atoms with van der Waals surface area (Å²) in [5.74, 6) is 1.48. The quantitative estimate of drug-likeness (QED) is 0.708. The molecule has 0 saturated carbocycles. The van der Waals surface area contributed by atoms with Crippen LogP contribution in [0.25, 0.3) is 0 Å². The molecule has 3 aliphatic rings. The van der Waals surface area contributed by atoms with Crippen molar-refractivity contribution in [3.05, 3.63) is 35.5 Å². The molecule has 0 spiro atoms. The molecule has 2 nitrogen and oxygen atoms in total. The van der Waals surface area contributed by atoms with E-state index in [1.54, 1.807) is 0 Å². The van der Waals surface area contributed by atoms with Crippen molar-refractivity contribution in [1.29, 1.82) is 0 Å². The van der Waals surface area contributed by atoms with Crippen LogP contribution >= 0.6 is 0 Å². The Kier molecular flexibility index (Phi) is 4.52. The maximum Gasteiger partial charge on any atom is 0.155 e. The standard InChI is InChI=1S/C19H24O2/c20-18-8-2-6-16(12-18)14-4-1-5-15(11-10-14)17-7-3-9-19(21)13-17/h10-15H,1-9H2. The Balaban J connectivity index is 1.73. The van der Waals surface area contributed by atoms with E-state index in [2.05, 4.69) is 12.2 Å². The lowest BCUT2D eigenvalue weighted by molar-refractivity contribution is -0.115. The molecule has 21 heavy (non-hydrogen) atoms. The molecule has 0 aliphatic heterocycles. The van der Waals surface area contributed by atoms with Crippen molar-refractivity contribution in [2.24, 2.45) is 11.8 Å². The van der Waals surface area contributed by atoms with Gasteiger partial charge in [-0.15, -0.1) is 0 Å². The first-order chi connectivity index (χ1) is 10.2. The SMILES string of the molecule is O=C1C=C(C2C=CC(C3=CC(=O)CCC3)CCC2)CCC1. The zero-order valence-corrected chi connectivity index (χ0v) is 12.6. The first kappa shape index (κ1) is 14.5. The van der Waals surface area contributed by atoms with E-state index < -0.39 is 0 Å². The Hall–Kier alpha value is -1.44. The smallest absolute Gasteiger partial charge is 0.155 e. The summed E-state index contributed by atoms with van der Waals surface area (Å²) in [5, 5.41) is 0. The van der Waals surface area contributed by atoms with E-state index in [-0.39, 0.29) is 0 Å². The van der Waals surface area contributed by atoms with Crippen LogP contribution in [0.15, 0.2) is 35.5 Å². The van der Waals surface area contributed by atoms with Crippen molar-refractivity contribution in [1.82, 2.24) is 0 Å². The van der Waals surface area contributed by atoms with Gasteiger partial charge in [0.2, 0.25) is 0 Å². The lowest BCUT2D eigenvalue weighted by Gasteiger charge is -2.18. The molecule has 0 amide bonds. The normalized spacial score (nSPS) is 30.7. The van der Waals surface area contributed by atoms with Gasteiger partial charge in [0.05, 0.1) is 0 Å². The average Bonchev–Trinajstić information content (AvgIpc) is 2.73. The van der Waals surface area contributed by atoms with Crippen molar-refractivity contribution in [2.45, 2.75) is 57.8 Å². The van der Waals surface area contributed by atoms with Crippen LogP contribution in [0.1, 0.15) is 57.8 Å². The molecule has 0 saturated heterocycles. The number of allylic oxidation sites excluding steroid dienone is 6. The molecule has 3 aliphatic carbocycles. The highest BCUT2D eigenvalue weighted by molar-refractivity contribution is 5.91. The van der Waals surface area contributed by atoms with E-state index in [1.807, 2.05) is 12.2 Å². The lowest BCUT2D eigenvalue weighted by atomic mass is 9.86. The highest BCUT2D eigenvalue weighted by Gasteiger charge is 2.22. The molecule has 0 aromatic carbocycles. The zero-order valence-electron chi connectivity index (χ0n) is 12.6. The molecule has 0 heterocycles. The molecular formula is C19H24O2. The summed E-state index contributed by atoms with van der Waals surface area (Å²) in [6.07, 6.45) is 17.5. The predicted molar refractivity (Wildman–Crippen MR) is 83.9 cm³/mol. The molecule has 0 aromatic heterocycles. The minimum Gasteiger partial charge on any atom is -0.295 e. The summed E-state index contributed by atoms with van der Waals surface area (Å²) in [4.78, 5) is 23.2. The summed E-state index contributed by atoms with van der Waals surface area (Å²) >= 11 is 0. The van der Waals surface area contributed by atoms with Crippen molar-refractivity contribution in [2.75, 3.05) is 0 Å². The Labute approximate surface area is 127 Å². The highest BCUT2D eigenvalue weighted by atomic mass is 16.1. The number of carbonyl (C=O) groups is 2. The summed E-state index contributed by atoms with van der Waals surface area (Å²) in [7, 11) is 0. The number of hydrogen-bond donors (Lipinski definition) is 0. The van der Waals surface area contributed by atoms with Gasteiger partial charge in [-0.1, -0.05) is 29.7 Å². The van der Waals surface area contributed by atoms with E-state index in [9.17, 15) is 9.59 Å². The second-order valence-electron chi connectivity index (χ2n) is 6.61. The minimum absolute atomic E-state index is 0.297. The summed E-state index contributed by atoms with van der Waals surface area (Å²) in [5.41, 5.74) is 2.66. The van der Waals surface area contributed by atoms with Crippen molar-refractivity contribution >= 4 is 11.6 Å². The predicted octanol–water partition coefficient (Wildman–Crippen LogP) is 4.32. The fourth-order valence-corrected chi connectivity index (χ4v) is 3.86. The Morgan fingerprint density at radius 2 is 1.14 bits per heavy atom. The third-order valence-electron chi connectivity index (χ3n) is 5.03.